The van der Waals surface area contributed by atoms with E-state index in [1.165, 1.54) is 5.56 Å². The number of likely N-dealkylation sites (N-methyl/N-ethyl adjacent to an activating group) is 1. The molecule has 1 fully saturated rings. The second-order valence-corrected chi connectivity index (χ2v) is 6.85. The first-order valence-corrected chi connectivity index (χ1v) is 9.19. The molecule has 1 saturated heterocycles. The predicted molar refractivity (Wildman–Crippen MR) is 102 cm³/mol. The van der Waals surface area contributed by atoms with Crippen LogP contribution < -0.4 is 10.2 Å². The molecule has 1 amide bonds. The van der Waals surface area contributed by atoms with Gasteiger partial charge in [-0.25, -0.2) is 9.97 Å². The molecule has 0 aromatic carbocycles. The van der Waals surface area contributed by atoms with Crippen molar-refractivity contribution < 1.29 is 4.79 Å². The van der Waals surface area contributed by atoms with Crippen LogP contribution in [-0.4, -0.2) is 53.5 Å². The van der Waals surface area contributed by atoms with E-state index in [1.807, 2.05) is 24.1 Å². The number of nitrogens with one attached hydrogen (secondary N) is 1. The van der Waals surface area contributed by atoms with E-state index in [1.54, 1.807) is 12.4 Å². The lowest BCUT2D eigenvalue weighted by Gasteiger charge is -2.37. The number of hydrogen-bond acceptors (Lipinski definition) is 5. The zero-order valence-corrected chi connectivity index (χ0v) is 15.0. The van der Waals surface area contributed by atoms with E-state index in [2.05, 4.69) is 32.0 Å². The van der Waals surface area contributed by atoms with Crippen LogP contribution in [0.25, 0.3) is 0 Å². The van der Waals surface area contributed by atoms with E-state index in [0.717, 1.165) is 56.1 Å². The maximum absolute atomic E-state index is 12.8. The standard InChI is InChI=1S/C20H23N5O/c1-24(20(26)15-6-4-2-3-5-7-15)16-9-12-25(13-10-16)19-17-8-11-21-18(17)22-14-23-19/h4,6-7,14,16H,5,8-13H2,1H3,(H,21,22,23). The van der Waals surface area contributed by atoms with E-state index in [9.17, 15) is 4.79 Å². The fraction of sp³-hybridized carbons (Fsp3) is 0.450. The Labute approximate surface area is 154 Å². The number of allylic oxidation sites excluding steroid dienone is 2. The van der Waals surface area contributed by atoms with Gasteiger partial charge in [0, 0.05) is 50.3 Å². The van der Waals surface area contributed by atoms with Gasteiger partial charge in [-0.15, -0.1) is 0 Å². The fourth-order valence-electron chi connectivity index (χ4n) is 3.84. The summed E-state index contributed by atoms with van der Waals surface area (Å²) in [5.41, 5.74) is 1.95. The lowest BCUT2D eigenvalue weighted by atomic mass is 10.0. The van der Waals surface area contributed by atoms with E-state index < -0.39 is 0 Å². The number of carbonyl (C=O) groups excluding carboxylic acids is 1. The molecule has 0 bridgehead atoms. The maximum atomic E-state index is 12.8. The highest BCUT2D eigenvalue weighted by Gasteiger charge is 2.29. The first-order chi connectivity index (χ1) is 12.7. The molecule has 6 nitrogen and oxygen atoms in total. The second kappa shape index (κ2) is 7.20. The average Bonchev–Trinajstić information content (AvgIpc) is 3.00. The van der Waals surface area contributed by atoms with Gasteiger partial charge in [0.2, 0.25) is 0 Å². The number of carbonyl (C=O) groups is 1. The number of amides is 1. The largest absolute Gasteiger partial charge is 0.369 e. The molecule has 2 aliphatic heterocycles. The average molecular weight is 349 g/mol. The van der Waals surface area contributed by atoms with Gasteiger partial charge in [0.25, 0.3) is 5.91 Å². The van der Waals surface area contributed by atoms with Gasteiger partial charge >= 0.3 is 0 Å². The van der Waals surface area contributed by atoms with Crippen molar-refractivity contribution in [1.82, 2.24) is 14.9 Å². The van der Waals surface area contributed by atoms with Crippen LogP contribution in [0.3, 0.4) is 0 Å². The fourth-order valence-corrected chi connectivity index (χ4v) is 3.84. The van der Waals surface area contributed by atoms with Gasteiger partial charge in [-0.2, -0.15) is 0 Å². The van der Waals surface area contributed by atoms with Crippen molar-refractivity contribution >= 4 is 17.5 Å². The Morgan fingerprint density at radius 2 is 2.19 bits per heavy atom. The van der Waals surface area contributed by atoms with Crippen LogP contribution in [0.2, 0.25) is 0 Å². The highest BCUT2D eigenvalue weighted by molar-refractivity contribution is 5.96. The third kappa shape index (κ3) is 3.17. The van der Waals surface area contributed by atoms with Gasteiger partial charge in [-0.1, -0.05) is 17.9 Å². The molecular formula is C20H23N5O. The SMILES string of the molecule is CN(C(=O)C1=CCC#CC=C1)C1CCN(c2ncnc3c2CCN3)CC1. The van der Waals surface area contributed by atoms with E-state index in [-0.39, 0.29) is 11.9 Å². The zero-order valence-electron chi connectivity index (χ0n) is 15.0. The highest BCUT2D eigenvalue weighted by atomic mass is 16.2. The Balaban J connectivity index is 1.40. The van der Waals surface area contributed by atoms with Crippen LogP contribution in [0.15, 0.2) is 30.1 Å². The Bertz CT molecular complexity index is 824. The van der Waals surface area contributed by atoms with E-state index in [0.29, 0.717) is 6.42 Å². The number of rotatable bonds is 3. The topological polar surface area (TPSA) is 61.4 Å². The second-order valence-electron chi connectivity index (χ2n) is 6.85. The van der Waals surface area contributed by atoms with Crippen molar-refractivity contribution in [1.29, 1.82) is 0 Å². The molecule has 6 heteroatoms. The number of fused-ring (bicyclic) bond motifs is 1. The normalized spacial score (nSPS) is 19.0. The quantitative estimate of drug-likeness (QED) is 0.843. The molecule has 134 valence electrons. The summed E-state index contributed by atoms with van der Waals surface area (Å²) in [7, 11) is 1.91. The molecule has 3 heterocycles. The van der Waals surface area contributed by atoms with Gasteiger partial charge in [0.1, 0.15) is 18.0 Å². The highest BCUT2D eigenvalue weighted by Crippen LogP contribution is 2.30. The maximum Gasteiger partial charge on any atom is 0.253 e. The summed E-state index contributed by atoms with van der Waals surface area (Å²) in [6, 6.07) is 0.255. The van der Waals surface area contributed by atoms with Crippen LogP contribution in [0, 0.1) is 11.8 Å². The van der Waals surface area contributed by atoms with Crippen molar-refractivity contribution in [2.75, 3.05) is 36.9 Å². The van der Waals surface area contributed by atoms with Crippen LogP contribution >= 0.6 is 0 Å². The van der Waals surface area contributed by atoms with Crippen molar-refractivity contribution in [2.24, 2.45) is 0 Å². The van der Waals surface area contributed by atoms with Gasteiger partial charge < -0.3 is 15.1 Å². The Hall–Kier alpha value is -2.81. The Morgan fingerprint density at radius 1 is 1.35 bits per heavy atom. The zero-order chi connectivity index (χ0) is 17.9. The van der Waals surface area contributed by atoms with Gasteiger partial charge in [0.15, 0.2) is 0 Å². The first-order valence-electron chi connectivity index (χ1n) is 9.19. The van der Waals surface area contributed by atoms with Crippen molar-refractivity contribution in [3.63, 3.8) is 0 Å². The van der Waals surface area contributed by atoms with Crippen LogP contribution in [0.5, 0.6) is 0 Å². The van der Waals surface area contributed by atoms with Crippen LogP contribution in [0.4, 0.5) is 11.6 Å². The molecule has 1 aromatic heterocycles. The summed E-state index contributed by atoms with van der Waals surface area (Å²) >= 11 is 0. The molecular weight excluding hydrogens is 326 g/mol. The smallest absolute Gasteiger partial charge is 0.253 e. The lowest BCUT2D eigenvalue weighted by molar-refractivity contribution is -0.127. The molecule has 1 aromatic rings. The first kappa shape index (κ1) is 16.6. The predicted octanol–water partition coefficient (Wildman–Crippen LogP) is 1.76. The Kier molecular flexibility index (Phi) is 4.61. The molecule has 3 aliphatic rings. The van der Waals surface area contributed by atoms with Crippen LogP contribution in [0.1, 0.15) is 24.8 Å². The van der Waals surface area contributed by atoms with Gasteiger partial charge in [0.05, 0.1) is 0 Å². The summed E-state index contributed by atoms with van der Waals surface area (Å²) in [6.45, 7) is 2.74. The Morgan fingerprint density at radius 3 is 3.04 bits per heavy atom. The minimum atomic E-state index is 0.0809. The molecule has 1 aliphatic carbocycles. The van der Waals surface area contributed by atoms with Crippen molar-refractivity contribution in [2.45, 2.75) is 31.7 Å². The number of aromatic nitrogens is 2. The molecule has 4 rings (SSSR count). The molecule has 0 radical (unpaired) electrons. The summed E-state index contributed by atoms with van der Waals surface area (Å²) < 4.78 is 0. The molecule has 26 heavy (non-hydrogen) atoms. The molecule has 0 unspecified atom stereocenters. The number of hydrogen-bond donors (Lipinski definition) is 1. The summed E-state index contributed by atoms with van der Waals surface area (Å²) in [6.07, 6.45) is 10.6. The number of piperidine rings is 1. The van der Waals surface area contributed by atoms with Crippen molar-refractivity contribution in [3.8, 4) is 11.8 Å². The number of anilines is 2. The molecule has 1 N–H and O–H groups in total. The summed E-state index contributed by atoms with van der Waals surface area (Å²) in [5.74, 6) is 8.01. The molecule has 0 saturated carbocycles. The lowest BCUT2D eigenvalue weighted by Crippen LogP contribution is -2.46. The van der Waals surface area contributed by atoms with E-state index in [4.69, 9.17) is 0 Å². The minimum Gasteiger partial charge on any atom is -0.369 e. The van der Waals surface area contributed by atoms with Crippen LogP contribution in [-0.2, 0) is 11.2 Å². The molecule has 0 atom stereocenters. The summed E-state index contributed by atoms with van der Waals surface area (Å²) in [4.78, 5) is 25.8. The van der Waals surface area contributed by atoms with E-state index >= 15 is 0 Å². The number of nitrogens with zero attached hydrogens (tertiary/aromatic N) is 4. The minimum absolute atomic E-state index is 0.0809. The third-order valence-electron chi connectivity index (χ3n) is 5.34. The third-order valence-corrected chi connectivity index (χ3v) is 5.34. The monoisotopic (exact) mass is 349 g/mol. The summed E-state index contributed by atoms with van der Waals surface area (Å²) in [5, 5.41) is 3.31. The van der Waals surface area contributed by atoms with Gasteiger partial charge in [-0.3, -0.25) is 4.79 Å². The molecule has 0 spiro atoms. The van der Waals surface area contributed by atoms with Crippen molar-refractivity contribution in [3.05, 3.63) is 35.7 Å². The van der Waals surface area contributed by atoms with Gasteiger partial charge in [-0.05, 0) is 31.4 Å².